The Morgan fingerprint density at radius 1 is 0.349 bits per heavy atom. The van der Waals surface area contributed by atoms with E-state index in [0.29, 0.717) is 17.5 Å². The summed E-state index contributed by atoms with van der Waals surface area (Å²) in [6, 6.07) is 83.5. The molecule has 0 radical (unpaired) electrons. The van der Waals surface area contributed by atoms with Crippen molar-refractivity contribution >= 4 is 82.1 Å². The summed E-state index contributed by atoms with van der Waals surface area (Å²) in [5, 5.41) is 10.4. The first-order valence-electron chi connectivity index (χ1n) is 21.3. The number of nitrogens with zero attached hydrogens (tertiary/aromatic N) is 4. The molecule has 0 N–H and O–H groups in total. The molecule has 63 heavy (non-hydrogen) atoms. The van der Waals surface area contributed by atoms with Crippen LogP contribution in [0, 0.1) is 0 Å². The van der Waals surface area contributed by atoms with Crippen LogP contribution in [-0.2, 0) is 0 Å². The maximum atomic E-state index is 5.09. The van der Waals surface area contributed by atoms with Crippen LogP contribution in [0.15, 0.2) is 231 Å². The van der Waals surface area contributed by atoms with Gasteiger partial charge in [-0.3, -0.25) is 0 Å². The Balaban J connectivity index is 1.10. The van der Waals surface area contributed by atoms with Crippen LogP contribution in [0.4, 0.5) is 0 Å². The first-order valence-corrected chi connectivity index (χ1v) is 24.1. The average Bonchev–Trinajstić information content (AvgIpc) is 3.91. The Labute approximate surface area is 370 Å². The number of rotatable bonds is 8. The molecule has 0 aliphatic carbocycles. The van der Waals surface area contributed by atoms with E-state index in [0.717, 1.165) is 22.4 Å². The molecule has 0 spiro atoms. The first-order chi connectivity index (χ1) is 31.2. The Bertz CT molecular complexity index is 3470. The molecule has 0 saturated carbocycles. The summed E-state index contributed by atoms with van der Waals surface area (Å²) in [7, 11) is -3.03. The third-order valence-corrected chi connectivity index (χ3v) is 18.3. The minimum atomic E-state index is -3.03. The van der Waals surface area contributed by atoms with Crippen molar-refractivity contribution in [1.29, 1.82) is 0 Å². The van der Waals surface area contributed by atoms with Crippen molar-refractivity contribution in [3.05, 3.63) is 231 Å². The van der Waals surface area contributed by atoms with Gasteiger partial charge in [-0.2, -0.15) is 0 Å². The summed E-state index contributed by atoms with van der Waals surface area (Å²) in [4.78, 5) is 15.1. The fourth-order valence-corrected chi connectivity index (χ4v) is 15.9. The number of hydrogen-bond donors (Lipinski definition) is 0. The highest BCUT2D eigenvalue weighted by atomic mass is 32.1. The molecule has 0 aliphatic heterocycles. The van der Waals surface area contributed by atoms with Crippen LogP contribution in [0.2, 0.25) is 0 Å². The van der Waals surface area contributed by atoms with Crippen LogP contribution in [0.25, 0.3) is 81.8 Å². The van der Waals surface area contributed by atoms with E-state index in [4.69, 9.17) is 15.0 Å². The van der Waals surface area contributed by atoms with E-state index in [-0.39, 0.29) is 0 Å². The van der Waals surface area contributed by atoms with E-state index in [9.17, 15) is 0 Å². The lowest BCUT2D eigenvalue weighted by atomic mass is 10.1. The molecule has 0 unspecified atom stereocenters. The van der Waals surface area contributed by atoms with E-state index in [1.807, 2.05) is 47.7 Å². The summed E-state index contributed by atoms with van der Waals surface area (Å²) in [5.74, 6) is 1.96. The molecule has 12 aromatic rings. The maximum absolute atomic E-state index is 5.09. The van der Waals surface area contributed by atoms with Gasteiger partial charge in [0, 0.05) is 53.3 Å². The van der Waals surface area contributed by atoms with Gasteiger partial charge in [0.25, 0.3) is 0 Å². The molecule has 0 fully saturated rings. The van der Waals surface area contributed by atoms with Gasteiger partial charge in [0.05, 0.1) is 11.0 Å². The molecule has 3 heterocycles. The highest BCUT2D eigenvalue weighted by molar-refractivity contribution is 7.27. The van der Waals surface area contributed by atoms with Crippen LogP contribution in [0.5, 0.6) is 0 Å². The van der Waals surface area contributed by atoms with Crippen LogP contribution < -0.4 is 20.7 Å². The molecular weight excluding hydrogens is 801 g/mol. The summed E-state index contributed by atoms with van der Waals surface area (Å²) < 4.78 is 4.90. The Morgan fingerprint density at radius 2 is 0.841 bits per heavy atom. The van der Waals surface area contributed by atoms with Crippen molar-refractivity contribution in [1.82, 2.24) is 19.5 Å². The van der Waals surface area contributed by atoms with Crippen molar-refractivity contribution < 1.29 is 0 Å². The topological polar surface area (TPSA) is 43.6 Å². The molecule has 0 bridgehead atoms. The number of aromatic nitrogens is 4. The average molecular weight is 839 g/mol. The molecule has 296 valence electrons. The molecule has 0 atom stereocenters. The smallest absolute Gasteiger partial charge is 0.180 e. The van der Waals surface area contributed by atoms with Crippen molar-refractivity contribution in [3.8, 4) is 39.9 Å². The predicted octanol–water partition coefficient (Wildman–Crippen LogP) is 11.7. The summed E-state index contributed by atoms with van der Waals surface area (Å²) in [6.45, 7) is 0. The summed E-state index contributed by atoms with van der Waals surface area (Å²) in [6.07, 6.45) is 0. The lowest BCUT2D eigenvalue weighted by Crippen LogP contribution is -2.74. The second kappa shape index (κ2) is 15.3. The first kappa shape index (κ1) is 37.0. The van der Waals surface area contributed by atoms with Gasteiger partial charge in [0.15, 0.2) is 25.5 Å². The van der Waals surface area contributed by atoms with Crippen molar-refractivity contribution in [2.45, 2.75) is 0 Å². The van der Waals surface area contributed by atoms with Crippen LogP contribution in [0.3, 0.4) is 0 Å². The van der Waals surface area contributed by atoms with Gasteiger partial charge in [-0.25, -0.2) is 15.0 Å². The van der Waals surface area contributed by atoms with Crippen molar-refractivity contribution in [2.24, 2.45) is 0 Å². The molecule has 4 nitrogen and oxygen atoms in total. The lowest BCUT2D eigenvalue weighted by molar-refractivity contribution is 1.07. The van der Waals surface area contributed by atoms with Crippen molar-refractivity contribution in [2.75, 3.05) is 0 Å². The minimum Gasteiger partial charge on any atom is -0.309 e. The van der Waals surface area contributed by atoms with Gasteiger partial charge in [-0.15, -0.1) is 11.3 Å². The zero-order valence-corrected chi connectivity index (χ0v) is 36.0. The molecule has 0 saturated heterocycles. The van der Waals surface area contributed by atoms with E-state index in [1.165, 1.54) is 62.7 Å². The molecule has 0 aliphatic rings. The largest absolute Gasteiger partial charge is 0.309 e. The molecule has 12 rings (SSSR count). The van der Waals surface area contributed by atoms with E-state index in [2.05, 4.69) is 199 Å². The molecule has 6 heteroatoms. The molecule has 9 aromatic carbocycles. The third kappa shape index (κ3) is 6.14. The maximum Gasteiger partial charge on any atom is 0.180 e. The van der Waals surface area contributed by atoms with Crippen LogP contribution in [-0.4, -0.2) is 27.6 Å². The van der Waals surface area contributed by atoms with E-state index < -0.39 is 8.07 Å². The zero-order valence-electron chi connectivity index (χ0n) is 34.1. The fourth-order valence-electron chi connectivity index (χ4n) is 9.64. The van der Waals surface area contributed by atoms with Gasteiger partial charge >= 0.3 is 0 Å². The van der Waals surface area contributed by atoms with Gasteiger partial charge in [0.2, 0.25) is 0 Å². The second-order valence-corrected chi connectivity index (χ2v) is 20.8. The van der Waals surface area contributed by atoms with Crippen LogP contribution in [0.1, 0.15) is 0 Å². The van der Waals surface area contributed by atoms with Gasteiger partial charge in [0.1, 0.15) is 0 Å². The third-order valence-electron chi connectivity index (χ3n) is 12.4. The van der Waals surface area contributed by atoms with Crippen LogP contribution >= 0.6 is 11.3 Å². The van der Waals surface area contributed by atoms with Gasteiger partial charge < -0.3 is 4.57 Å². The minimum absolute atomic E-state index is 0.654. The summed E-state index contributed by atoms with van der Waals surface area (Å²) in [5.41, 5.74) is 6.43. The molecular formula is C57H38N4SSi. The highest BCUT2D eigenvalue weighted by Gasteiger charge is 2.43. The number of benzene rings is 9. The Kier molecular flexibility index (Phi) is 8.99. The fraction of sp³-hybridized carbons (Fsp3) is 0. The highest BCUT2D eigenvalue weighted by Crippen LogP contribution is 2.37. The summed E-state index contributed by atoms with van der Waals surface area (Å²) >= 11 is 1.84. The number of hydrogen-bond acceptors (Lipinski definition) is 4. The predicted molar refractivity (Wildman–Crippen MR) is 267 cm³/mol. The van der Waals surface area contributed by atoms with Gasteiger partial charge in [-0.1, -0.05) is 194 Å². The van der Waals surface area contributed by atoms with Crippen molar-refractivity contribution in [3.63, 3.8) is 0 Å². The molecule has 3 aromatic heterocycles. The number of fused-ring (bicyclic) bond motifs is 6. The standard InChI is InChI=1S/C57H38N4SSi/c1-5-19-39(20-6-1)55-58-56(40-21-7-2-8-22-40)60-57(59-55)41-35-36-48-52(37-41)62-51-33-18-34-53(54(48)51)63(43-24-9-3-10-25-43,44-26-11-4-12-27-44)45-28-17-23-42(38-45)61-49-31-15-13-29-46(49)47-30-14-16-32-50(47)61/h1-38H. The van der Waals surface area contributed by atoms with E-state index in [1.54, 1.807) is 0 Å². The van der Waals surface area contributed by atoms with E-state index >= 15 is 0 Å². The second-order valence-electron chi connectivity index (χ2n) is 15.9. The SMILES string of the molecule is c1ccc(-c2nc(-c3ccccc3)nc(-c3ccc4c(c3)sc3cccc([Si](c5ccccc5)(c5ccccc5)c5cccc(-n6c7ccccc7c7ccccc76)c5)c34)n2)cc1. The lowest BCUT2D eigenvalue weighted by Gasteiger charge is -2.35. The van der Waals surface area contributed by atoms with Gasteiger partial charge in [-0.05, 0) is 57.1 Å². The quantitative estimate of drug-likeness (QED) is 0.113. The Hall–Kier alpha value is -7.77. The monoisotopic (exact) mass is 838 g/mol. The zero-order chi connectivity index (χ0) is 41.7. The normalized spacial score (nSPS) is 11.8. The molecule has 0 amide bonds. The number of para-hydroxylation sites is 2. The number of thiophene rings is 1. The Morgan fingerprint density at radius 3 is 1.43 bits per heavy atom.